The molecule has 1 atom stereocenters. The van der Waals surface area contributed by atoms with E-state index in [0.717, 1.165) is 19.4 Å². The summed E-state index contributed by atoms with van der Waals surface area (Å²) in [5, 5.41) is 0. The number of amides is 1. The zero-order chi connectivity index (χ0) is 12.5. The summed E-state index contributed by atoms with van der Waals surface area (Å²) in [7, 11) is 0. The van der Waals surface area contributed by atoms with Crippen LogP contribution in [-0.4, -0.2) is 36.7 Å². The Hall–Kier alpha value is -1.46. The molecule has 2 aliphatic heterocycles. The second-order valence-electron chi connectivity index (χ2n) is 4.72. The molecule has 0 aromatic heterocycles. The van der Waals surface area contributed by atoms with E-state index in [0.29, 0.717) is 23.6 Å². The number of carbonyl (C=O) groups is 1. The molecular weight excluding hydrogens is 268 g/mol. The molecule has 1 amide bonds. The Labute approximate surface area is 118 Å². The number of benzene rings is 1. The van der Waals surface area contributed by atoms with Crippen molar-refractivity contribution in [3.8, 4) is 11.5 Å². The van der Waals surface area contributed by atoms with Gasteiger partial charge in [0.1, 0.15) is 0 Å². The van der Waals surface area contributed by atoms with Gasteiger partial charge in [-0.05, 0) is 31.0 Å². The lowest BCUT2D eigenvalue weighted by molar-refractivity contribution is 0.0708. The van der Waals surface area contributed by atoms with Gasteiger partial charge >= 0.3 is 0 Å². The van der Waals surface area contributed by atoms with E-state index in [4.69, 9.17) is 15.2 Å². The lowest BCUT2D eigenvalue weighted by Gasteiger charge is -2.30. The summed E-state index contributed by atoms with van der Waals surface area (Å²) >= 11 is 0. The van der Waals surface area contributed by atoms with Crippen molar-refractivity contribution in [3.05, 3.63) is 23.8 Å². The second kappa shape index (κ2) is 5.67. The summed E-state index contributed by atoms with van der Waals surface area (Å²) in [5.74, 6) is 1.35. The topological polar surface area (TPSA) is 64.8 Å². The van der Waals surface area contributed by atoms with Crippen LogP contribution < -0.4 is 15.2 Å². The van der Waals surface area contributed by atoms with Crippen molar-refractivity contribution in [1.29, 1.82) is 0 Å². The van der Waals surface area contributed by atoms with Crippen LogP contribution in [0.3, 0.4) is 0 Å². The Bertz CT molecular complexity index is 481. The number of piperidine rings is 1. The fourth-order valence-electron chi connectivity index (χ4n) is 2.41. The van der Waals surface area contributed by atoms with Crippen LogP contribution in [0.15, 0.2) is 18.2 Å². The average Bonchev–Trinajstić information content (AvgIpc) is 2.85. The van der Waals surface area contributed by atoms with Crippen molar-refractivity contribution in [2.75, 3.05) is 19.9 Å². The number of nitrogens with zero attached hydrogens (tertiary/aromatic N) is 1. The zero-order valence-corrected chi connectivity index (χ0v) is 11.3. The molecule has 0 unspecified atom stereocenters. The molecule has 1 saturated heterocycles. The van der Waals surface area contributed by atoms with E-state index in [1.165, 1.54) is 0 Å². The highest BCUT2D eigenvalue weighted by Gasteiger charge is 2.24. The first-order valence-corrected chi connectivity index (χ1v) is 6.18. The molecule has 1 aromatic rings. The molecule has 0 spiro atoms. The number of ether oxygens (including phenoxy) is 2. The van der Waals surface area contributed by atoms with Gasteiger partial charge in [-0.25, -0.2) is 0 Å². The maximum Gasteiger partial charge on any atom is 0.254 e. The van der Waals surface area contributed by atoms with Crippen molar-refractivity contribution in [2.45, 2.75) is 18.9 Å². The number of hydrogen-bond acceptors (Lipinski definition) is 4. The Morgan fingerprint density at radius 3 is 2.89 bits per heavy atom. The van der Waals surface area contributed by atoms with Crippen molar-refractivity contribution in [1.82, 2.24) is 4.90 Å². The fraction of sp³-hybridized carbons (Fsp3) is 0.462. The molecule has 2 aliphatic rings. The molecule has 19 heavy (non-hydrogen) atoms. The quantitative estimate of drug-likeness (QED) is 0.847. The standard InChI is InChI=1S/C13H16N2O3.ClH/c14-10-2-1-5-15(7-10)13(16)9-3-4-11-12(6-9)18-8-17-11;/h3-4,6,10H,1-2,5,7-8,14H2;1H/t10-;/m1./s1. The third-order valence-corrected chi connectivity index (χ3v) is 3.36. The van der Waals surface area contributed by atoms with E-state index >= 15 is 0 Å². The second-order valence-corrected chi connectivity index (χ2v) is 4.72. The third-order valence-electron chi connectivity index (χ3n) is 3.36. The summed E-state index contributed by atoms with van der Waals surface area (Å²) in [6.07, 6.45) is 1.96. The molecule has 0 radical (unpaired) electrons. The SMILES string of the molecule is Cl.N[C@@H]1CCCN(C(=O)c2ccc3c(c2)OCO3)C1. The Balaban J connectivity index is 0.00000133. The van der Waals surface area contributed by atoms with Gasteiger partial charge in [-0.2, -0.15) is 0 Å². The van der Waals surface area contributed by atoms with Gasteiger partial charge in [0.05, 0.1) is 0 Å². The van der Waals surface area contributed by atoms with Crippen LogP contribution in [-0.2, 0) is 0 Å². The molecule has 5 nitrogen and oxygen atoms in total. The average molecular weight is 285 g/mol. The largest absolute Gasteiger partial charge is 0.454 e. The van der Waals surface area contributed by atoms with Crippen LogP contribution >= 0.6 is 12.4 Å². The van der Waals surface area contributed by atoms with Gasteiger partial charge in [0.25, 0.3) is 5.91 Å². The van der Waals surface area contributed by atoms with Crippen molar-refractivity contribution in [2.24, 2.45) is 5.73 Å². The lowest BCUT2D eigenvalue weighted by atomic mass is 10.1. The number of fused-ring (bicyclic) bond motifs is 1. The van der Waals surface area contributed by atoms with E-state index in [-0.39, 0.29) is 31.1 Å². The minimum atomic E-state index is 0. The smallest absolute Gasteiger partial charge is 0.254 e. The van der Waals surface area contributed by atoms with Crippen molar-refractivity contribution < 1.29 is 14.3 Å². The monoisotopic (exact) mass is 284 g/mol. The predicted molar refractivity (Wildman–Crippen MR) is 72.9 cm³/mol. The van der Waals surface area contributed by atoms with E-state index in [1.54, 1.807) is 18.2 Å². The molecule has 2 heterocycles. The highest BCUT2D eigenvalue weighted by Crippen LogP contribution is 2.32. The first-order valence-electron chi connectivity index (χ1n) is 6.18. The van der Waals surface area contributed by atoms with E-state index < -0.39 is 0 Å². The van der Waals surface area contributed by atoms with Gasteiger partial charge in [0, 0.05) is 24.7 Å². The Kier molecular flexibility index (Phi) is 4.17. The van der Waals surface area contributed by atoms with E-state index in [1.807, 2.05) is 4.90 Å². The molecular formula is C13H17ClN2O3. The lowest BCUT2D eigenvalue weighted by Crippen LogP contribution is -2.45. The molecule has 0 saturated carbocycles. The first kappa shape index (κ1) is 14.0. The van der Waals surface area contributed by atoms with E-state index in [9.17, 15) is 4.79 Å². The first-order chi connectivity index (χ1) is 8.74. The molecule has 3 rings (SSSR count). The van der Waals surface area contributed by atoms with Gasteiger partial charge in [-0.3, -0.25) is 4.79 Å². The van der Waals surface area contributed by atoms with Crippen LogP contribution in [0.1, 0.15) is 23.2 Å². The number of likely N-dealkylation sites (tertiary alicyclic amines) is 1. The maximum absolute atomic E-state index is 12.3. The number of rotatable bonds is 1. The van der Waals surface area contributed by atoms with Gasteiger partial charge in [-0.15, -0.1) is 12.4 Å². The van der Waals surface area contributed by atoms with Crippen LogP contribution in [0.25, 0.3) is 0 Å². The van der Waals surface area contributed by atoms with Gasteiger partial charge in [0.15, 0.2) is 11.5 Å². The van der Waals surface area contributed by atoms with Crippen molar-refractivity contribution in [3.63, 3.8) is 0 Å². The summed E-state index contributed by atoms with van der Waals surface area (Å²) in [6, 6.07) is 5.39. The predicted octanol–water partition coefficient (Wildman–Crippen LogP) is 1.40. The summed E-state index contributed by atoms with van der Waals surface area (Å²) in [5.41, 5.74) is 6.53. The highest BCUT2D eigenvalue weighted by atomic mass is 35.5. The van der Waals surface area contributed by atoms with Crippen LogP contribution in [0.5, 0.6) is 11.5 Å². The molecule has 0 aliphatic carbocycles. The normalized spacial score (nSPS) is 20.9. The van der Waals surface area contributed by atoms with Crippen molar-refractivity contribution >= 4 is 18.3 Å². The Morgan fingerprint density at radius 2 is 2.11 bits per heavy atom. The third kappa shape index (κ3) is 2.77. The summed E-state index contributed by atoms with van der Waals surface area (Å²) < 4.78 is 10.5. The number of hydrogen-bond donors (Lipinski definition) is 1. The molecule has 1 aromatic carbocycles. The molecule has 2 N–H and O–H groups in total. The van der Waals surface area contributed by atoms with Gasteiger partial charge in [0.2, 0.25) is 6.79 Å². The number of carbonyl (C=O) groups excluding carboxylic acids is 1. The minimum absolute atomic E-state index is 0. The Morgan fingerprint density at radius 1 is 1.32 bits per heavy atom. The van der Waals surface area contributed by atoms with Crippen LogP contribution in [0.4, 0.5) is 0 Å². The molecule has 0 bridgehead atoms. The van der Waals surface area contributed by atoms with E-state index in [2.05, 4.69) is 0 Å². The summed E-state index contributed by atoms with van der Waals surface area (Å²) in [4.78, 5) is 14.1. The fourth-order valence-corrected chi connectivity index (χ4v) is 2.41. The minimum Gasteiger partial charge on any atom is -0.454 e. The van der Waals surface area contributed by atoms with Crippen LogP contribution in [0, 0.1) is 0 Å². The summed E-state index contributed by atoms with van der Waals surface area (Å²) in [6.45, 7) is 1.63. The zero-order valence-electron chi connectivity index (χ0n) is 10.5. The molecule has 6 heteroatoms. The maximum atomic E-state index is 12.3. The van der Waals surface area contributed by atoms with Gasteiger partial charge in [-0.1, -0.05) is 0 Å². The number of halogens is 1. The van der Waals surface area contributed by atoms with Gasteiger partial charge < -0.3 is 20.1 Å². The highest BCUT2D eigenvalue weighted by molar-refractivity contribution is 5.95. The van der Waals surface area contributed by atoms with Crippen LogP contribution in [0.2, 0.25) is 0 Å². The molecule has 104 valence electrons. The number of nitrogens with two attached hydrogens (primary N) is 1. The molecule has 1 fully saturated rings.